The minimum absolute atomic E-state index is 0.172. The van der Waals surface area contributed by atoms with Gasteiger partial charge in [-0.3, -0.25) is 14.9 Å². The lowest BCUT2D eigenvalue weighted by molar-refractivity contribution is -0.384. The number of non-ortho nitro benzene ring substituents is 1. The van der Waals surface area contributed by atoms with Crippen LogP contribution in [0.2, 0.25) is 10.0 Å². The number of carbonyl (C=O) groups is 1. The monoisotopic (exact) mass is 378 g/mol. The van der Waals surface area contributed by atoms with Crippen LogP contribution in [0.3, 0.4) is 0 Å². The van der Waals surface area contributed by atoms with E-state index < -0.39 is 22.7 Å². The molecule has 8 heteroatoms. The Labute approximate surface area is 153 Å². The van der Waals surface area contributed by atoms with E-state index in [0.29, 0.717) is 21.2 Å². The Bertz CT molecular complexity index is 844. The lowest BCUT2D eigenvalue weighted by atomic mass is 9.80. The van der Waals surface area contributed by atoms with E-state index in [1.54, 1.807) is 6.07 Å². The van der Waals surface area contributed by atoms with E-state index in [2.05, 4.69) is 6.07 Å². The fourth-order valence-corrected chi connectivity index (χ4v) is 3.18. The number of halogens is 2. The maximum Gasteiger partial charge on any atom is 0.304 e. The van der Waals surface area contributed by atoms with Crippen molar-refractivity contribution in [3.8, 4) is 6.07 Å². The van der Waals surface area contributed by atoms with Crippen molar-refractivity contribution in [2.75, 3.05) is 0 Å². The minimum Gasteiger partial charge on any atom is -0.481 e. The SMILES string of the molecule is N#CC(c1cc(Cl)cc(Cl)c1)C(CC(=O)O)c1cccc([N+](=O)[O-])c1. The number of nitro benzene ring substituents is 1. The number of benzene rings is 2. The van der Waals surface area contributed by atoms with Gasteiger partial charge >= 0.3 is 5.97 Å². The van der Waals surface area contributed by atoms with Crippen LogP contribution in [0, 0.1) is 21.4 Å². The molecule has 2 atom stereocenters. The Morgan fingerprint density at radius 1 is 1.20 bits per heavy atom. The molecule has 0 fully saturated rings. The molecule has 2 rings (SSSR count). The molecule has 0 saturated heterocycles. The van der Waals surface area contributed by atoms with Gasteiger partial charge in [0.2, 0.25) is 0 Å². The minimum atomic E-state index is -1.12. The molecule has 2 aromatic carbocycles. The van der Waals surface area contributed by atoms with Crippen LogP contribution >= 0.6 is 23.2 Å². The maximum atomic E-state index is 11.3. The first-order valence-electron chi connectivity index (χ1n) is 7.13. The highest BCUT2D eigenvalue weighted by Crippen LogP contribution is 2.38. The Balaban J connectivity index is 2.55. The normalized spacial score (nSPS) is 12.8. The molecule has 0 bridgehead atoms. The summed E-state index contributed by atoms with van der Waals surface area (Å²) in [6.07, 6.45) is -0.372. The molecule has 0 aromatic heterocycles. The highest BCUT2D eigenvalue weighted by molar-refractivity contribution is 6.34. The molecule has 1 N–H and O–H groups in total. The predicted octanol–water partition coefficient (Wildman–Crippen LogP) is 4.77. The summed E-state index contributed by atoms with van der Waals surface area (Å²) in [4.78, 5) is 21.7. The van der Waals surface area contributed by atoms with Crippen LogP contribution < -0.4 is 0 Å². The van der Waals surface area contributed by atoms with E-state index in [4.69, 9.17) is 23.2 Å². The third-order valence-corrected chi connectivity index (χ3v) is 4.13. The highest BCUT2D eigenvalue weighted by Gasteiger charge is 2.29. The van der Waals surface area contributed by atoms with Crippen molar-refractivity contribution in [3.63, 3.8) is 0 Å². The smallest absolute Gasteiger partial charge is 0.304 e. The Morgan fingerprint density at radius 3 is 2.36 bits per heavy atom. The zero-order valence-corrected chi connectivity index (χ0v) is 14.2. The van der Waals surface area contributed by atoms with Crippen LogP contribution in [0.25, 0.3) is 0 Å². The van der Waals surface area contributed by atoms with E-state index in [0.717, 1.165) is 0 Å². The number of rotatable bonds is 6. The number of hydrogen-bond donors (Lipinski definition) is 1. The molecular formula is C17H12Cl2N2O4. The maximum absolute atomic E-state index is 11.3. The van der Waals surface area contributed by atoms with Gasteiger partial charge in [0.05, 0.1) is 23.3 Å². The van der Waals surface area contributed by atoms with Crippen molar-refractivity contribution in [1.29, 1.82) is 5.26 Å². The molecule has 0 aliphatic rings. The first-order valence-corrected chi connectivity index (χ1v) is 7.89. The van der Waals surface area contributed by atoms with Crippen LogP contribution in [0.4, 0.5) is 5.69 Å². The van der Waals surface area contributed by atoms with Crippen LogP contribution in [0.1, 0.15) is 29.4 Å². The molecule has 25 heavy (non-hydrogen) atoms. The van der Waals surface area contributed by atoms with Crippen molar-refractivity contribution in [3.05, 3.63) is 73.8 Å². The summed E-state index contributed by atoms with van der Waals surface area (Å²) in [5.41, 5.74) is 0.672. The first-order chi connectivity index (χ1) is 11.8. The van der Waals surface area contributed by atoms with E-state index in [1.165, 1.54) is 36.4 Å². The van der Waals surface area contributed by atoms with Crippen molar-refractivity contribution < 1.29 is 14.8 Å². The largest absolute Gasteiger partial charge is 0.481 e. The average molecular weight is 379 g/mol. The summed E-state index contributed by atoms with van der Waals surface area (Å²) >= 11 is 11.9. The molecule has 0 saturated carbocycles. The number of nitro groups is 1. The standard InChI is InChI=1S/C17H12Cl2N2O4/c18-12-4-11(5-13(19)7-12)16(9-20)15(8-17(22)23)10-2-1-3-14(6-10)21(24)25/h1-7,15-16H,8H2,(H,22,23). The molecule has 0 radical (unpaired) electrons. The second-order valence-electron chi connectivity index (χ2n) is 5.37. The average Bonchev–Trinajstić information content (AvgIpc) is 2.53. The number of nitrogens with zero attached hydrogens (tertiary/aromatic N) is 2. The number of nitriles is 1. The summed E-state index contributed by atoms with van der Waals surface area (Å²) in [6.45, 7) is 0. The van der Waals surface area contributed by atoms with E-state index in [1.807, 2.05) is 0 Å². The number of aliphatic carboxylic acids is 1. The zero-order chi connectivity index (χ0) is 18.6. The molecule has 2 unspecified atom stereocenters. The number of hydrogen-bond acceptors (Lipinski definition) is 4. The Hall–Kier alpha value is -2.62. The van der Waals surface area contributed by atoms with Gasteiger partial charge in [0.15, 0.2) is 0 Å². The summed E-state index contributed by atoms with van der Waals surface area (Å²) < 4.78 is 0. The first kappa shape index (κ1) is 18.7. The van der Waals surface area contributed by atoms with Crippen LogP contribution in [0.5, 0.6) is 0 Å². The molecule has 2 aromatic rings. The molecule has 0 spiro atoms. The quantitative estimate of drug-likeness (QED) is 0.575. The number of carboxylic acids is 1. The fraction of sp³-hybridized carbons (Fsp3) is 0.176. The van der Waals surface area contributed by atoms with E-state index in [-0.39, 0.29) is 12.1 Å². The van der Waals surface area contributed by atoms with Gasteiger partial charge in [0.1, 0.15) is 0 Å². The van der Waals surface area contributed by atoms with Gasteiger partial charge in [-0.05, 0) is 29.3 Å². The van der Waals surface area contributed by atoms with Crippen molar-refractivity contribution in [2.24, 2.45) is 0 Å². The summed E-state index contributed by atoms with van der Waals surface area (Å²) in [6, 6.07) is 12.3. The lowest BCUT2D eigenvalue weighted by Gasteiger charge is -2.21. The van der Waals surface area contributed by atoms with Gasteiger partial charge in [-0.15, -0.1) is 0 Å². The van der Waals surface area contributed by atoms with Gasteiger partial charge < -0.3 is 5.11 Å². The van der Waals surface area contributed by atoms with Gasteiger partial charge in [-0.25, -0.2) is 0 Å². The van der Waals surface area contributed by atoms with E-state index in [9.17, 15) is 25.3 Å². The van der Waals surface area contributed by atoms with Crippen molar-refractivity contribution >= 4 is 34.9 Å². The third-order valence-electron chi connectivity index (χ3n) is 3.69. The van der Waals surface area contributed by atoms with E-state index >= 15 is 0 Å². The molecular weight excluding hydrogens is 367 g/mol. The Morgan fingerprint density at radius 2 is 1.84 bits per heavy atom. The van der Waals surface area contributed by atoms with Gasteiger partial charge in [0, 0.05) is 28.1 Å². The fourth-order valence-electron chi connectivity index (χ4n) is 2.64. The second-order valence-corrected chi connectivity index (χ2v) is 6.24. The Kier molecular flexibility index (Phi) is 5.97. The van der Waals surface area contributed by atoms with Crippen molar-refractivity contribution in [1.82, 2.24) is 0 Å². The lowest BCUT2D eigenvalue weighted by Crippen LogP contribution is -2.15. The van der Waals surface area contributed by atoms with Gasteiger partial charge in [-0.2, -0.15) is 5.26 Å². The summed E-state index contributed by atoms with van der Waals surface area (Å²) in [5.74, 6) is -2.80. The third kappa shape index (κ3) is 4.69. The van der Waals surface area contributed by atoms with Crippen LogP contribution in [-0.2, 0) is 4.79 Å². The molecule has 6 nitrogen and oxygen atoms in total. The summed E-state index contributed by atoms with van der Waals surface area (Å²) in [5, 5.41) is 30.5. The molecule has 0 amide bonds. The second kappa shape index (κ2) is 7.97. The van der Waals surface area contributed by atoms with Crippen LogP contribution in [-0.4, -0.2) is 16.0 Å². The van der Waals surface area contributed by atoms with Gasteiger partial charge in [0.25, 0.3) is 5.69 Å². The van der Waals surface area contributed by atoms with Gasteiger partial charge in [-0.1, -0.05) is 35.3 Å². The molecule has 0 aliphatic carbocycles. The summed E-state index contributed by atoms with van der Waals surface area (Å²) in [7, 11) is 0. The topological polar surface area (TPSA) is 104 Å². The predicted molar refractivity (Wildman–Crippen MR) is 92.9 cm³/mol. The molecule has 0 aliphatic heterocycles. The van der Waals surface area contributed by atoms with Crippen molar-refractivity contribution in [2.45, 2.75) is 18.3 Å². The van der Waals surface area contributed by atoms with Crippen LogP contribution in [0.15, 0.2) is 42.5 Å². The highest BCUT2D eigenvalue weighted by atomic mass is 35.5. The molecule has 0 heterocycles. The zero-order valence-electron chi connectivity index (χ0n) is 12.7. The molecule has 128 valence electrons. The number of carboxylic acid groups (broad SMARTS) is 1.